The van der Waals surface area contributed by atoms with E-state index in [9.17, 15) is 13.2 Å². The van der Waals surface area contributed by atoms with Crippen molar-refractivity contribution in [1.29, 1.82) is 0 Å². The summed E-state index contributed by atoms with van der Waals surface area (Å²) in [5.41, 5.74) is -0.111. The SMILES string of the molecule is CC(C)(C)COC(=O)C1CCCCN1S(C)(=O)=O. The van der Waals surface area contributed by atoms with Crippen molar-refractivity contribution < 1.29 is 17.9 Å². The molecule has 1 aliphatic heterocycles. The number of ether oxygens (including phenoxy) is 1. The second-order valence-corrected chi connectivity index (χ2v) is 7.99. The molecule has 0 N–H and O–H groups in total. The molecule has 1 rings (SSSR count). The van der Waals surface area contributed by atoms with E-state index in [1.165, 1.54) is 4.31 Å². The molecule has 1 unspecified atom stereocenters. The number of hydrogen-bond acceptors (Lipinski definition) is 4. The van der Waals surface area contributed by atoms with Crippen LogP contribution in [0.2, 0.25) is 0 Å². The normalized spacial score (nSPS) is 22.8. The van der Waals surface area contributed by atoms with Gasteiger partial charge in [0, 0.05) is 6.54 Å². The van der Waals surface area contributed by atoms with Crippen LogP contribution < -0.4 is 0 Å². The lowest BCUT2D eigenvalue weighted by Crippen LogP contribution is -2.48. The third-order valence-electron chi connectivity index (χ3n) is 2.80. The monoisotopic (exact) mass is 277 g/mol. The molecule has 0 saturated carbocycles. The van der Waals surface area contributed by atoms with E-state index in [-0.39, 0.29) is 5.41 Å². The zero-order valence-electron chi connectivity index (χ0n) is 11.6. The topological polar surface area (TPSA) is 63.7 Å². The van der Waals surface area contributed by atoms with Crippen LogP contribution in [0, 0.1) is 5.41 Å². The molecule has 1 aliphatic rings. The van der Waals surface area contributed by atoms with Crippen LogP contribution in [-0.2, 0) is 19.6 Å². The van der Waals surface area contributed by atoms with Crippen molar-refractivity contribution in [3.8, 4) is 0 Å². The third-order valence-corrected chi connectivity index (χ3v) is 4.09. The molecule has 0 spiro atoms. The number of hydrogen-bond donors (Lipinski definition) is 0. The van der Waals surface area contributed by atoms with E-state index >= 15 is 0 Å². The largest absolute Gasteiger partial charge is 0.464 e. The maximum Gasteiger partial charge on any atom is 0.324 e. The number of nitrogens with zero attached hydrogens (tertiary/aromatic N) is 1. The first-order chi connectivity index (χ1) is 8.11. The average Bonchev–Trinajstić information content (AvgIpc) is 2.24. The molecule has 1 saturated heterocycles. The van der Waals surface area contributed by atoms with Gasteiger partial charge in [-0.1, -0.05) is 20.8 Å². The molecule has 0 aromatic rings. The van der Waals surface area contributed by atoms with Gasteiger partial charge in [0.15, 0.2) is 0 Å². The van der Waals surface area contributed by atoms with E-state index in [1.54, 1.807) is 0 Å². The first kappa shape index (κ1) is 15.4. The van der Waals surface area contributed by atoms with Crippen molar-refractivity contribution in [2.24, 2.45) is 5.41 Å². The van der Waals surface area contributed by atoms with E-state index in [4.69, 9.17) is 4.74 Å². The van der Waals surface area contributed by atoms with E-state index < -0.39 is 22.0 Å². The van der Waals surface area contributed by atoms with Crippen LogP contribution in [0.15, 0.2) is 0 Å². The molecule has 6 heteroatoms. The highest BCUT2D eigenvalue weighted by Gasteiger charge is 2.35. The quantitative estimate of drug-likeness (QED) is 0.731. The second-order valence-electron chi connectivity index (χ2n) is 6.05. The van der Waals surface area contributed by atoms with Crippen molar-refractivity contribution in [2.45, 2.75) is 46.1 Å². The summed E-state index contributed by atoms with van der Waals surface area (Å²) < 4.78 is 29.7. The standard InChI is InChI=1S/C12H23NO4S/c1-12(2,3)9-17-11(14)10-7-5-6-8-13(10)18(4,15)16/h10H,5-9H2,1-4H3. The molecule has 0 aliphatic carbocycles. The fourth-order valence-electron chi connectivity index (χ4n) is 1.92. The van der Waals surface area contributed by atoms with Gasteiger partial charge in [-0.15, -0.1) is 0 Å². The van der Waals surface area contributed by atoms with Crippen LogP contribution in [0.1, 0.15) is 40.0 Å². The van der Waals surface area contributed by atoms with Crippen LogP contribution in [0.4, 0.5) is 0 Å². The molecule has 0 aromatic carbocycles. The van der Waals surface area contributed by atoms with E-state index in [2.05, 4.69) is 0 Å². The van der Waals surface area contributed by atoms with Crippen molar-refractivity contribution in [3.63, 3.8) is 0 Å². The maximum absolute atomic E-state index is 12.0. The van der Waals surface area contributed by atoms with Crippen molar-refractivity contribution >= 4 is 16.0 Å². The molecule has 1 heterocycles. The van der Waals surface area contributed by atoms with Gasteiger partial charge in [0.25, 0.3) is 0 Å². The third kappa shape index (κ3) is 4.57. The number of sulfonamides is 1. The van der Waals surface area contributed by atoms with Crippen LogP contribution in [0.5, 0.6) is 0 Å². The van der Waals surface area contributed by atoms with E-state index in [1.807, 2.05) is 20.8 Å². The Morgan fingerprint density at radius 1 is 1.33 bits per heavy atom. The summed E-state index contributed by atoms with van der Waals surface area (Å²) >= 11 is 0. The Labute approximate surface area is 110 Å². The highest BCUT2D eigenvalue weighted by molar-refractivity contribution is 7.88. The first-order valence-corrected chi connectivity index (χ1v) is 8.09. The van der Waals surface area contributed by atoms with Crippen LogP contribution in [0.25, 0.3) is 0 Å². The molecule has 106 valence electrons. The fraction of sp³-hybridized carbons (Fsp3) is 0.917. The first-order valence-electron chi connectivity index (χ1n) is 6.25. The lowest BCUT2D eigenvalue weighted by atomic mass is 9.98. The van der Waals surface area contributed by atoms with Crippen molar-refractivity contribution in [1.82, 2.24) is 4.31 Å². The molecular formula is C12H23NO4S. The van der Waals surface area contributed by atoms with Gasteiger partial charge in [0.1, 0.15) is 6.04 Å². The summed E-state index contributed by atoms with van der Waals surface area (Å²) in [5.74, 6) is -0.421. The Morgan fingerprint density at radius 3 is 2.44 bits per heavy atom. The van der Waals surface area contributed by atoms with Gasteiger partial charge >= 0.3 is 5.97 Å². The molecule has 0 aromatic heterocycles. The summed E-state index contributed by atoms with van der Waals surface area (Å²) in [6, 6.07) is -0.643. The maximum atomic E-state index is 12.0. The molecule has 1 fully saturated rings. The smallest absolute Gasteiger partial charge is 0.324 e. The summed E-state index contributed by atoms with van der Waals surface area (Å²) in [4.78, 5) is 12.0. The Bertz CT molecular complexity index is 397. The van der Waals surface area contributed by atoms with E-state index in [0.29, 0.717) is 19.6 Å². The molecule has 5 nitrogen and oxygen atoms in total. The van der Waals surface area contributed by atoms with Gasteiger partial charge in [0.2, 0.25) is 10.0 Å². The second kappa shape index (κ2) is 5.57. The van der Waals surface area contributed by atoms with Crippen molar-refractivity contribution in [3.05, 3.63) is 0 Å². The van der Waals surface area contributed by atoms with Crippen molar-refractivity contribution in [2.75, 3.05) is 19.4 Å². The number of esters is 1. The van der Waals surface area contributed by atoms with Crippen LogP contribution >= 0.6 is 0 Å². The number of rotatable bonds is 3. The molecule has 0 amide bonds. The van der Waals surface area contributed by atoms with Gasteiger partial charge in [-0.3, -0.25) is 4.79 Å². The van der Waals surface area contributed by atoms with Crippen LogP contribution in [-0.4, -0.2) is 44.1 Å². The highest BCUT2D eigenvalue weighted by atomic mass is 32.2. The zero-order valence-corrected chi connectivity index (χ0v) is 12.4. The van der Waals surface area contributed by atoms with Gasteiger partial charge < -0.3 is 4.74 Å². The molecular weight excluding hydrogens is 254 g/mol. The van der Waals surface area contributed by atoms with Gasteiger partial charge in [-0.05, 0) is 24.7 Å². The molecule has 18 heavy (non-hydrogen) atoms. The predicted molar refractivity (Wildman–Crippen MR) is 69.6 cm³/mol. The Balaban J connectivity index is 2.70. The lowest BCUT2D eigenvalue weighted by molar-refractivity contribution is -0.152. The lowest BCUT2D eigenvalue weighted by Gasteiger charge is -2.32. The minimum absolute atomic E-state index is 0.111. The average molecular weight is 277 g/mol. The minimum atomic E-state index is -3.34. The Kier molecular flexibility index (Phi) is 4.78. The van der Waals surface area contributed by atoms with E-state index in [0.717, 1.165) is 19.1 Å². The Morgan fingerprint density at radius 2 is 1.94 bits per heavy atom. The van der Waals surface area contributed by atoms with Crippen LogP contribution in [0.3, 0.4) is 0 Å². The predicted octanol–water partition coefficient (Wildman–Crippen LogP) is 1.39. The molecule has 1 atom stereocenters. The number of carbonyl (C=O) groups excluding carboxylic acids is 1. The number of carbonyl (C=O) groups is 1. The molecule has 0 radical (unpaired) electrons. The molecule has 0 bridgehead atoms. The summed E-state index contributed by atoms with van der Waals surface area (Å²) in [7, 11) is -3.34. The zero-order chi connectivity index (χ0) is 14.0. The fourth-order valence-corrected chi connectivity index (χ4v) is 3.04. The highest BCUT2D eigenvalue weighted by Crippen LogP contribution is 2.22. The van der Waals surface area contributed by atoms with Gasteiger partial charge in [-0.25, -0.2) is 8.42 Å². The summed E-state index contributed by atoms with van der Waals surface area (Å²) in [6.45, 7) is 6.62. The minimum Gasteiger partial charge on any atom is -0.464 e. The summed E-state index contributed by atoms with van der Waals surface area (Å²) in [6.07, 6.45) is 3.36. The van der Waals surface area contributed by atoms with Gasteiger partial charge in [0.05, 0.1) is 12.9 Å². The number of piperidine rings is 1. The van der Waals surface area contributed by atoms with Gasteiger partial charge in [-0.2, -0.15) is 4.31 Å². The summed E-state index contributed by atoms with van der Waals surface area (Å²) in [5, 5.41) is 0. The Hall–Kier alpha value is -0.620.